The van der Waals surface area contributed by atoms with Crippen molar-refractivity contribution in [2.45, 2.75) is 103 Å². The molecule has 0 aliphatic carbocycles. The standard InChI is InChI=1S/C21H38O4Si.Cr/c1-10-11-17-12-22-18-13-23-21(8,9)24-20(18)19(17)25-26(14(2)3,15(4)5)16(6)7;/h10,14-20H,1,11,13H2,2-9H3;/t17-,18-,19-,20-;/m1./s1. The second kappa shape index (κ2) is 8.91. The van der Waals surface area contributed by atoms with Crippen LogP contribution in [0.15, 0.2) is 12.7 Å². The molecule has 0 amide bonds. The van der Waals surface area contributed by atoms with Crippen molar-refractivity contribution in [3.63, 3.8) is 0 Å². The van der Waals surface area contributed by atoms with Crippen molar-refractivity contribution in [3.8, 4) is 0 Å². The van der Waals surface area contributed by atoms with Crippen molar-refractivity contribution in [2.75, 3.05) is 6.61 Å². The Bertz CT molecular complexity index is 525. The van der Waals surface area contributed by atoms with Gasteiger partial charge in [-0.1, -0.05) is 0 Å². The molecular formula is C21H38CrO4Si. The van der Waals surface area contributed by atoms with Gasteiger partial charge < -0.3 is 0 Å². The molecule has 156 valence electrons. The molecule has 2 aliphatic rings. The van der Waals surface area contributed by atoms with E-state index in [2.05, 4.69) is 64.0 Å². The summed E-state index contributed by atoms with van der Waals surface area (Å²) in [7, 11) is -2.08. The molecule has 4 atom stereocenters. The third-order valence-electron chi connectivity index (χ3n) is 6.14. The predicted octanol–water partition coefficient (Wildman–Crippen LogP) is 4.97. The zero-order valence-electron chi connectivity index (χ0n) is 18.3. The van der Waals surface area contributed by atoms with E-state index in [0.29, 0.717) is 23.2 Å². The topological polar surface area (TPSA) is 36.9 Å². The summed E-state index contributed by atoms with van der Waals surface area (Å²) >= 11 is 3.14. The van der Waals surface area contributed by atoms with Gasteiger partial charge in [-0.25, -0.2) is 0 Å². The van der Waals surface area contributed by atoms with Gasteiger partial charge in [-0.05, 0) is 0 Å². The van der Waals surface area contributed by atoms with E-state index in [1.807, 2.05) is 19.9 Å². The Balaban J connectivity index is 2.47. The third-order valence-corrected chi connectivity index (χ3v) is 12.9. The third kappa shape index (κ3) is 4.69. The Morgan fingerprint density at radius 3 is 2.22 bits per heavy atom. The monoisotopic (exact) mass is 434 g/mol. The molecule has 2 fully saturated rings. The summed E-state index contributed by atoms with van der Waals surface area (Å²) in [4.78, 5) is 0. The van der Waals surface area contributed by atoms with Gasteiger partial charge in [-0.2, -0.15) is 0 Å². The molecule has 0 bridgehead atoms. The Hall–Kier alpha value is 0.199. The minimum atomic E-state index is -2.08. The average molecular weight is 435 g/mol. The van der Waals surface area contributed by atoms with Crippen molar-refractivity contribution < 1.29 is 34.5 Å². The molecule has 6 heteroatoms. The number of hydrogen-bond acceptors (Lipinski definition) is 4. The van der Waals surface area contributed by atoms with Crippen molar-refractivity contribution in [3.05, 3.63) is 12.7 Å². The van der Waals surface area contributed by atoms with E-state index in [9.17, 15) is 0 Å². The normalized spacial score (nSPS) is 31.4. The van der Waals surface area contributed by atoms with Crippen LogP contribution in [0.1, 0.15) is 61.8 Å². The second-order valence-corrected chi connectivity index (χ2v) is 15.3. The first-order chi connectivity index (χ1) is 12.5. The zero-order valence-corrected chi connectivity index (χ0v) is 20.6. The van der Waals surface area contributed by atoms with Gasteiger partial charge in [0, 0.05) is 0 Å². The fraction of sp³-hybridized carbons (Fsp3) is 0.857. The van der Waals surface area contributed by atoms with Crippen LogP contribution in [0.3, 0.4) is 0 Å². The fourth-order valence-electron chi connectivity index (χ4n) is 5.00. The average Bonchev–Trinajstić information content (AvgIpc) is 2.54. The van der Waals surface area contributed by atoms with Crippen LogP contribution in [-0.2, 0) is 34.5 Å². The molecule has 2 aliphatic heterocycles. The Labute approximate surface area is 175 Å². The molecule has 0 spiro atoms. The van der Waals surface area contributed by atoms with Gasteiger partial charge in [0.1, 0.15) is 0 Å². The van der Waals surface area contributed by atoms with Gasteiger partial charge >= 0.3 is 175 Å². The Kier molecular flexibility index (Phi) is 7.75. The van der Waals surface area contributed by atoms with E-state index in [-0.39, 0.29) is 24.2 Å². The van der Waals surface area contributed by atoms with Crippen LogP contribution in [-0.4, -0.2) is 43.6 Å². The molecular weight excluding hydrogens is 396 g/mol. The van der Waals surface area contributed by atoms with Gasteiger partial charge in [0.05, 0.1) is 0 Å². The van der Waals surface area contributed by atoms with Gasteiger partial charge in [-0.3, -0.25) is 0 Å². The number of ether oxygens (including phenoxy) is 3. The Morgan fingerprint density at radius 1 is 1.19 bits per heavy atom. The van der Waals surface area contributed by atoms with Crippen LogP contribution in [0.2, 0.25) is 16.6 Å². The SMILES string of the molecule is C=CC[C@@H]1[C](=[Cr])O[C@@H]2COC(C)(C)O[C@H]2[C@@H]1O[Si](C(C)C)(C(C)C)C(C)C. The number of allylic oxidation sites excluding steroid dienone is 1. The van der Waals surface area contributed by atoms with Crippen molar-refractivity contribution in [1.82, 2.24) is 0 Å². The maximum atomic E-state index is 7.25. The van der Waals surface area contributed by atoms with E-state index >= 15 is 0 Å². The van der Waals surface area contributed by atoms with E-state index in [0.717, 1.165) is 11.0 Å². The van der Waals surface area contributed by atoms with E-state index in [1.165, 1.54) is 0 Å². The molecule has 2 saturated heterocycles. The van der Waals surface area contributed by atoms with Gasteiger partial charge in [-0.15, -0.1) is 0 Å². The van der Waals surface area contributed by atoms with E-state index in [1.54, 1.807) is 0 Å². The molecule has 0 N–H and O–H groups in total. The molecule has 0 saturated carbocycles. The summed E-state index contributed by atoms with van der Waals surface area (Å²) in [5.41, 5.74) is 1.54. The van der Waals surface area contributed by atoms with Crippen LogP contribution >= 0.6 is 0 Å². The molecule has 0 aromatic rings. The summed E-state index contributed by atoms with van der Waals surface area (Å²) in [5.74, 6) is -0.516. The van der Waals surface area contributed by atoms with Crippen LogP contribution in [0, 0.1) is 5.92 Å². The molecule has 0 unspecified atom stereocenters. The van der Waals surface area contributed by atoms with Crippen LogP contribution in [0.5, 0.6) is 0 Å². The quantitative estimate of drug-likeness (QED) is 0.419. The van der Waals surface area contributed by atoms with Gasteiger partial charge in [0.15, 0.2) is 0 Å². The molecule has 27 heavy (non-hydrogen) atoms. The molecule has 2 rings (SSSR count). The van der Waals surface area contributed by atoms with Crippen LogP contribution < -0.4 is 0 Å². The summed E-state index contributed by atoms with van der Waals surface area (Å²) in [6.45, 7) is 22.4. The van der Waals surface area contributed by atoms with E-state index in [4.69, 9.17) is 18.6 Å². The second-order valence-electron chi connectivity index (χ2n) is 9.30. The molecule has 0 radical (unpaired) electrons. The summed E-state index contributed by atoms with van der Waals surface area (Å²) in [6, 6.07) is 0. The minimum absolute atomic E-state index is 0.0555. The first-order valence-electron chi connectivity index (χ1n) is 10.3. The summed E-state index contributed by atoms with van der Waals surface area (Å²) in [5, 5.41) is 0. The number of fused-ring (bicyclic) bond motifs is 1. The number of rotatable bonds is 7. The predicted molar refractivity (Wildman–Crippen MR) is 109 cm³/mol. The van der Waals surface area contributed by atoms with Crippen molar-refractivity contribution in [1.29, 1.82) is 0 Å². The van der Waals surface area contributed by atoms with Gasteiger partial charge in [0.2, 0.25) is 0 Å². The summed E-state index contributed by atoms with van der Waals surface area (Å²) < 4.78 is 26.6. The van der Waals surface area contributed by atoms with Crippen molar-refractivity contribution >= 4 is 12.9 Å². The van der Waals surface area contributed by atoms with E-state index < -0.39 is 14.1 Å². The first kappa shape index (κ1) is 23.5. The van der Waals surface area contributed by atoms with Crippen LogP contribution in [0.4, 0.5) is 0 Å². The molecule has 0 aromatic carbocycles. The number of hydrogen-bond donors (Lipinski definition) is 0. The molecule has 2 heterocycles. The molecule has 4 nitrogen and oxygen atoms in total. The molecule has 0 aromatic heterocycles. The van der Waals surface area contributed by atoms with Gasteiger partial charge in [0.25, 0.3) is 0 Å². The van der Waals surface area contributed by atoms with Crippen LogP contribution in [0.25, 0.3) is 0 Å². The first-order valence-corrected chi connectivity index (χ1v) is 13.0. The fourth-order valence-corrected chi connectivity index (χ4v) is 11.1. The summed E-state index contributed by atoms with van der Waals surface area (Å²) in [6.07, 6.45) is 2.42. The zero-order chi connectivity index (χ0) is 20.6. The Morgan fingerprint density at radius 2 is 1.74 bits per heavy atom. The maximum absolute atomic E-state index is 7.25. The van der Waals surface area contributed by atoms with Crippen molar-refractivity contribution in [2.24, 2.45) is 5.92 Å².